The summed E-state index contributed by atoms with van der Waals surface area (Å²) >= 11 is 0.921. The first kappa shape index (κ1) is 16.0. The molecular formula is C14H8F3N3O3S. The molecule has 2 heterocycles. The van der Waals surface area contributed by atoms with Crippen molar-refractivity contribution in [2.75, 3.05) is 0 Å². The number of aromatic carboxylic acids is 1. The van der Waals surface area contributed by atoms with Crippen LogP contribution in [0.5, 0.6) is 0 Å². The van der Waals surface area contributed by atoms with Crippen LogP contribution in [0.4, 0.5) is 13.2 Å². The number of carboxylic acid groups (broad SMARTS) is 1. The molecule has 3 rings (SSSR count). The lowest BCUT2D eigenvalue weighted by Gasteiger charge is -2.07. The van der Waals surface area contributed by atoms with Crippen molar-refractivity contribution < 1.29 is 23.1 Å². The molecule has 0 saturated heterocycles. The molecule has 2 N–H and O–H groups in total. The topological polar surface area (TPSA) is 88.0 Å². The summed E-state index contributed by atoms with van der Waals surface area (Å²) in [7, 11) is 0. The molecule has 0 aliphatic rings. The maximum Gasteiger partial charge on any atom is 0.416 e. The van der Waals surface area contributed by atoms with Gasteiger partial charge in [0.05, 0.1) is 11.3 Å². The third-order valence-electron chi connectivity index (χ3n) is 3.12. The van der Waals surface area contributed by atoms with Crippen LogP contribution in [0.2, 0.25) is 0 Å². The molecule has 0 fully saturated rings. The number of hydrogen-bond donors (Lipinski definition) is 2. The molecule has 0 unspecified atom stereocenters. The van der Waals surface area contributed by atoms with Crippen LogP contribution in [0, 0.1) is 0 Å². The van der Waals surface area contributed by atoms with E-state index in [9.17, 15) is 22.8 Å². The Labute approximate surface area is 135 Å². The number of aromatic nitrogens is 3. The molecule has 124 valence electrons. The number of carbonyl (C=O) groups is 1. The van der Waals surface area contributed by atoms with Crippen LogP contribution < -0.4 is 5.56 Å². The van der Waals surface area contributed by atoms with Gasteiger partial charge in [0.2, 0.25) is 5.13 Å². The lowest BCUT2D eigenvalue weighted by Crippen LogP contribution is -2.13. The lowest BCUT2D eigenvalue weighted by molar-refractivity contribution is -0.137. The molecule has 0 saturated carbocycles. The van der Waals surface area contributed by atoms with Crippen molar-refractivity contribution in [2.45, 2.75) is 6.18 Å². The predicted octanol–water partition coefficient (Wildman–Crippen LogP) is 3.01. The van der Waals surface area contributed by atoms with Gasteiger partial charge in [0, 0.05) is 17.0 Å². The SMILES string of the molecule is O=C(O)c1csc(-n2[nH]c(-c3cccc(C(F)(F)F)c3)cc2=O)n1. The van der Waals surface area contributed by atoms with Crippen molar-refractivity contribution in [1.29, 1.82) is 0 Å². The number of hydrogen-bond acceptors (Lipinski definition) is 4. The number of nitrogens with one attached hydrogen (secondary N) is 1. The number of aromatic amines is 1. The van der Waals surface area contributed by atoms with Crippen LogP contribution >= 0.6 is 11.3 Å². The Bertz CT molecular complexity index is 971. The van der Waals surface area contributed by atoms with E-state index in [-0.39, 0.29) is 22.1 Å². The summed E-state index contributed by atoms with van der Waals surface area (Å²) in [5.74, 6) is -1.24. The minimum atomic E-state index is -4.50. The van der Waals surface area contributed by atoms with E-state index < -0.39 is 23.3 Å². The lowest BCUT2D eigenvalue weighted by atomic mass is 10.1. The smallest absolute Gasteiger partial charge is 0.416 e. The Morgan fingerprint density at radius 3 is 2.67 bits per heavy atom. The van der Waals surface area contributed by atoms with Crippen LogP contribution in [-0.2, 0) is 6.18 Å². The van der Waals surface area contributed by atoms with Crippen molar-refractivity contribution in [1.82, 2.24) is 14.8 Å². The Morgan fingerprint density at radius 2 is 2.04 bits per heavy atom. The Hall–Kier alpha value is -2.88. The van der Waals surface area contributed by atoms with Gasteiger partial charge in [0.1, 0.15) is 0 Å². The summed E-state index contributed by atoms with van der Waals surface area (Å²) in [5.41, 5.74) is -1.28. The first-order valence-corrected chi connectivity index (χ1v) is 7.32. The van der Waals surface area contributed by atoms with Gasteiger partial charge in [0.15, 0.2) is 5.69 Å². The van der Waals surface area contributed by atoms with Gasteiger partial charge in [-0.05, 0) is 12.1 Å². The summed E-state index contributed by atoms with van der Waals surface area (Å²) in [4.78, 5) is 26.6. The fraction of sp³-hybridized carbons (Fsp3) is 0.0714. The number of carboxylic acids is 1. The highest BCUT2D eigenvalue weighted by atomic mass is 32.1. The quantitative estimate of drug-likeness (QED) is 0.756. The monoisotopic (exact) mass is 355 g/mol. The second-order valence-corrected chi connectivity index (χ2v) is 5.58. The summed E-state index contributed by atoms with van der Waals surface area (Å²) < 4.78 is 39.3. The zero-order chi connectivity index (χ0) is 17.5. The number of nitrogens with zero attached hydrogens (tertiary/aromatic N) is 2. The number of halogens is 3. The van der Waals surface area contributed by atoms with E-state index in [0.717, 1.165) is 34.2 Å². The number of benzene rings is 1. The molecule has 0 amide bonds. The van der Waals surface area contributed by atoms with Crippen LogP contribution in [0.3, 0.4) is 0 Å². The normalized spacial score (nSPS) is 11.6. The largest absolute Gasteiger partial charge is 0.476 e. The molecule has 0 aliphatic carbocycles. The van der Waals surface area contributed by atoms with E-state index in [1.165, 1.54) is 17.5 Å². The molecule has 0 atom stereocenters. The Balaban J connectivity index is 2.03. The van der Waals surface area contributed by atoms with Gasteiger partial charge in [-0.2, -0.15) is 17.9 Å². The van der Waals surface area contributed by atoms with Gasteiger partial charge in [-0.25, -0.2) is 9.78 Å². The van der Waals surface area contributed by atoms with Gasteiger partial charge in [-0.1, -0.05) is 12.1 Å². The maximum atomic E-state index is 12.8. The highest BCUT2D eigenvalue weighted by Gasteiger charge is 2.30. The van der Waals surface area contributed by atoms with E-state index >= 15 is 0 Å². The van der Waals surface area contributed by atoms with Crippen molar-refractivity contribution in [3.05, 3.63) is 57.3 Å². The van der Waals surface area contributed by atoms with Crippen LogP contribution in [-0.4, -0.2) is 25.8 Å². The summed E-state index contributed by atoms with van der Waals surface area (Å²) in [5, 5.41) is 12.8. The molecule has 0 aliphatic heterocycles. The first-order valence-electron chi connectivity index (χ1n) is 6.44. The maximum absolute atomic E-state index is 12.8. The van der Waals surface area contributed by atoms with E-state index in [4.69, 9.17) is 5.11 Å². The average Bonchev–Trinajstić information content (AvgIpc) is 3.13. The zero-order valence-corrected chi connectivity index (χ0v) is 12.5. The first-order chi connectivity index (χ1) is 11.3. The molecule has 10 heteroatoms. The number of thiazole rings is 1. The van der Waals surface area contributed by atoms with E-state index in [1.54, 1.807) is 0 Å². The summed E-state index contributed by atoms with van der Waals surface area (Å²) in [6.07, 6.45) is -4.50. The molecule has 6 nitrogen and oxygen atoms in total. The van der Waals surface area contributed by atoms with Gasteiger partial charge in [-0.3, -0.25) is 9.89 Å². The molecule has 24 heavy (non-hydrogen) atoms. The predicted molar refractivity (Wildman–Crippen MR) is 79.5 cm³/mol. The molecule has 1 aromatic carbocycles. The summed E-state index contributed by atoms with van der Waals surface area (Å²) in [6.45, 7) is 0. The van der Waals surface area contributed by atoms with Gasteiger partial charge in [0.25, 0.3) is 5.56 Å². The van der Waals surface area contributed by atoms with Crippen LogP contribution in [0.1, 0.15) is 16.1 Å². The third kappa shape index (κ3) is 2.95. The highest BCUT2D eigenvalue weighted by Crippen LogP contribution is 2.31. The minimum absolute atomic E-state index is 0.0793. The van der Waals surface area contributed by atoms with Crippen LogP contribution in [0.25, 0.3) is 16.4 Å². The Morgan fingerprint density at radius 1 is 1.29 bits per heavy atom. The molecule has 0 radical (unpaired) electrons. The van der Waals surface area contributed by atoms with Gasteiger partial charge in [-0.15, -0.1) is 11.3 Å². The molecule has 0 spiro atoms. The van der Waals surface area contributed by atoms with Crippen molar-refractivity contribution >= 4 is 17.3 Å². The van der Waals surface area contributed by atoms with E-state index in [2.05, 4.69) is 10.1 Å². The number of alkyl halides is 3. The Kier molecular flexibility index (Phi) is 3.76. The second-order valence-electron chi connectivity index (χ2n) is 4.74. The molecular weight excluding hydrogens is 347 g/mol. The van der Waals surface area contributed by atoms with E-state index in [0.29, 0.717) is 0 Å². The van der Waals surface area contributed by atoms with Crippen molar-refractivity contribution in [3.63, 3.8) is 0 Å². The highest BCUT2D eigenvalue weighted by molar-refractivity contribution is 7.12. The van der Waals surface area contributed by atoms with Gasteiger partial charge >= 0.3 is 12.1 Å². The van der Waals surface area contributed by atoms with Gasteiger partial charge < -0.3 is 5.11 Å². The average molecular weight is 355 g/mol. The molecule has 0 bridgehead atoms. The number of H-pyrrole nitrogens is 1. The van der Waals surface area contributed by atoms with Crippen molar-refractivity contribution in [3.8, 4) is 16.4 Å². The zero-order valence-electron chi connectivity index (χ0n) is 11.7. The number of rotatable bonds is 3. The molecule has 3 aromatic rings. The third-order valence-corrected chi connectivity index (χ3v) is 3.95. The van der Waals surface area contributed by atoms with E-state index in [1.807, 2.05) is 0 Å². The second kappa shape index (κ2) is 5.64. The fourth-order valence-electron chi connectivity index (χ4n) is 2.01. The van der Waals surface area contributed by atoms with Crippen LogP contribution in [0.15, 0.2) is 40.5 Å². The minimum Gasteiger partial charge on any atom is -0.476 e. The molecule has 2 aromatic heterocycles. The standard InChI is InChI=1S/C14H8F3N3O3S/c15-14(16,17)8-3-1-2-7(4-8)9-5-11(21)20(19-9)13-18-10(6-24-13)12(22)23/h1-6,19H,(H,22,23). The fourth-order valence-corrected chi connectivity index (χ4v) is 2.78. The van der Waals surface area contributed by atoms with Crippen molar-refractivity contribution in [2.24, 2.45) is 0 Å². The summed E-state index contributed by atoms with van der Waals surface area (Å²) in [6, 6.07) is 5.63.